The van der Waals surface area contributed by atoms with Crippen molar-refractivity contribution in [2.75, 3.05) is 102 Å². The number of nitrogens with two attached hydrogens (primary N) is 4. The molecule has 2 heterocycles. The number of ether oxygens (including phenoxy) is 2. The van der Waals surface area contributed by atoms with Gasteiger partial charge in [0.25, 0.3) is 0 Å². The molecular formula is C29H52N8O2. The van der Waals surface area contributed by atoms with Crippen molar-refractivity contribution in [3.8, 4) is 11.5 Å². The summed E-state index contributed by atoms with van der Waals surface area (Å²) in [5.41, 5.74) is 26.2. The SMILES string of the molecule is C.C.Nc1ccc(N)c(OCCCN2CCN(CCCN3CCN(CCCOc4cc(N)ccc4N)C3)C2)c1. The summed E-state index contributed by atoms with van der Waals surface area (Å²) in [4.78, 5) is 10.1. The van der Waals surface area contributed by atoms with Crippen LogP contribution >= 0.6 is 0 Å². The minimum atomic E-state index is 0. The van der Waals surface area contributed by atoms with Crippen molar-refractivity contribution < 1.29 is 9.47 Å². The van der Waals surface area contributed by atoms with E-state index in [-0.39, 0.29) is 14.9 Å². The van der Waals surface area contributed by atoms with E-state index in [1.54, 1.807) is 36.4 Å². The fourth-order valence-corrected chi connectivity index (χ4v) is 4.95. The van der Waals surface area contributed by atoms with Gasteiger partial charge >= 0.3 is 0 Å². The monoisotopic (exact) mass is 544 g/mol. The number of rotatable bonds is 14. The predicted molar refractivity (Wildman–Crippen MR) is 165 cm³/mol. The van der Waals surface area contributed by atoms with Crippen LogP contribution in [0.4, 0.5) is 22.7 Å². The van der Waals surface area contributed by atoms with Crippen LogP contribution in [0, 0.1) is 0 Å². The molecule has 0 aromatic heterocycles. The number of hydrogen-bond donors (Lipinski definition) is 4. The summed E-state index contributed by atoms with van der Waals surface area (Å²) in [6, 6.07) is 10.7. The molecule has 0 saturated carbocycles. The van der Waals surface area contributed by atoms with E-state index in [2.05, 4.69) is 19.6 Å². The summed E-state index contributed by atoms with van der Waals surface area (Å²) < 4.78 is 11.6. The number of anilines is 4. The van der Waals surface area contributed by atoms with Crippen LogP contribution in [0.5, 0.6) is 11.5 Å². The Hall–Kier alpha value is -2.92. The molecule has 10 nitrogen and oxygen atoms in total. The Kier molecular flexibility index (Phi) is 13.5. The van der Waals surface area contributed by atoms with Crippen LogP contribution in [0.3, 0.4) is 0 Å². The number of benzene rings is 2. The fraction of sp³-hybridized carbons (Fsp3) is 0.586. The Balaban J connectivity index is 0.00000267. The van der Waals surface area contributed by atoms with Crippen molar-refractivity contribution in [2.45, 2.75) is 34.1 Å². The first-order chi connectivity index (χ1) is 18.0. The van der Waals surface area contributed by atoms with Crippen molar-refractivity contribution >= 4 is 22.7 Å². The minimum Gasteiger partial charge on any atom is -0.491 e. The van der Waals surface area contributed by atoms with Gasteiger partial charge in [-0.25, -0.2) is 0 Å². The number of hydrogen-bond acceptors (Lipinski definition) is 10. The van der Waals surface area contributed by atoms with Crippen molar-refractivity contribution in [1.82, 2.24) is 19.6 Å². The summed E-state index contributed by atoms with van der Waals surface area (Å²) in [7, 11) is 0. The van der Waals surface area contributed by atoms with E-state index in [9.17, 15) is 0 Å². The summed E-state index contributed by atoms with van der Waals surface area (Å²) in [6.45, 7) is 12.3. The fourth-order valence-electron chi connectivity index (χ4n) is 4.95. The molecule has 0 spiro atoms. The molecule has 4 rings (SSSR count). The maximum absolute atomic E-state index is 5.95. The van der Waals surface area contributed by atoms with Gasteiger partial charge in [-0.2, -0.15) is 0 Å². The van der Waals surface area contributed by atoms with E-state index in [4.69, 9.17) is 32.4 Å². The molecule has 2 aliphatic rings. The van der Waals surface area contributed by atoms with Gasteiger partial charge in [-0.05, 0) is 43.5 Å². The summed E-state index contributed by atoms with van der Waals surface area (Å²) in [5, 5.41) is 0. The Labute approximate surface area is 235 Å². The molecule has 10 heteroatoms. The van der Waals surface area contributed by atoms with Crippen LogP contribution in [0.25, 0.3) is 0 Å². The molecule has 220 valence electrons. The highest BCUT2D eigenvalue weighted by atomic mass is 16.5. The molecule has 2 aliphatic heterocycles. The second-order valence-electron chi connectivity index (χ2n) is 10.1. The van der Waals surface area contributed by atoms with Crippen LogP contribution in [-0.4, -0.2) is 98.5 Å². The Morgan fingerprint density at radius 1 is 0.538 bits per heavy atom. The van der Waals surface area contributed by atoms with Gasteiger partial charge in [0, 0.05) is 75.9 Å². The van der Waals surface area contributed by atoms with Gasteiger partial charge in [-0.1, -0.05) is 14.9 Å². The molecule has 0 radical (unpaired) electrons. The maximum atomic E-state index is 5.95. The maximum Gasteiger partial charge on any atom is 0.144 e. The Morgan fingerprint density at radius 2 is 0.897 bits per heavy atom. The number of nitrogens with zero attached hydrogens (tertiary/aromatic N) is 4. The van der Waals surface area contributed by atoms with Crippen LogP contribution < -0.4 is 32.4 Å². The average molecular weight is 545 g/mol. The van der Waals surface area contributed by atoms with Crippen LogP contribution in [0.2, 0.25) is 0 Å². The van der Waals surface area contributed by atoms with E-state index in [0.717, 1.165) is 78.5 Å². The van der Waals surface area contributed by atoms with Gasteiger partial charge in [0.2, 0.25) is 0 Å². The molecule has 0 unspecified atom stereocenters. The molecule has 2 saturated heterocycles. The number of nitrogen functional groups attached to an aromatic ring is 4. The zero-order chi connectivity index (χ0) is 26.0. The van der Waals surface area contributed by atoms with E-state index in [1.165, 1.54) is 6.42 Å². The summed E-state index contributed by atoms with van der Waals surface area (Å²) in [5.74, 6) is 1.36. The van der Waals surface area contributed by atoms with Crippen LogP contribution in [0.15, 0.2) is 36.4 Å². The normalized spacial score (nSPS) is 16.6. The first kappa shape index (κ1) is 32.3. The average Bonchev–Trinajstić information content (AvgIpc) is 3.53. The van der Waals surface area contributed by atoms with Gasteiger partial charge < -0.3 is 32.4 Å². The van der Waals surface area contributed by atoms with Crippen molar-refractivity contribution in [2.24, 2.45) is 0 Å². The topological polar surface area (TPSA) is 135 Å². The highest BCUT2D eigenvalue weighted by Gasteiger charge is 2.21. The minimum absolute atomic E-state index is 0. The van der Waals surface area contributed by atoms with E-state index >= 15 is 0 Å². The molecule has 2 aromatic carbocycles. The predicted octanol–water partition coefficient (Wildman–Crippen LogP) is 3.07. The lowest BCUT2D eigenvalue weighted by Crippen LogP contribution is -2.31. The van der Waals surface area contributed by atoms with Gasteiger partial charge in [0.05, 0.1) is 37.9 Å². The van der Waals surface area contributed by atoms with Gasteiger partial charge in [0.1, 0.15) is 11.5 Å². The van der Waals surface area contributed by atoms with Crippen molar-refractivity contribution in [3.05, 3.63) is 36.4 Å². The molecule has 0 amide bonds. The Bertz CT molecular complexity index is 914. The molecule has 2 fully saturated rings. The van der Waals surface area contributed by atoms with Crippen LogP contribution in [-0.2, 0) is 0 Å². The van der Waals surface area contributed by atoms with Gasteiger partial charge in [0.15, 0.2) is 0 Å². The third-order valence-electron chi connectivity index (χ3n) is 7.04. The Morgan fingerprint density at radius 3 is 1.28 bits per heavy atom. The molecule has 0 aliphatic carbocycles. The summed E-state index contributed by atoms with van der Waals surface area (Å²) >= 11 is 0. The standard InChI is InChI=1S/C27H44N8O2.2CH4/c28-22-4-6-24(30)26(18-22)36-16-2-10-34-14-12-32(20-34)8-1-9-33-13-15-35(21-33)11-3-17-37-27-19-23(29)5-7-25(27)31;;/h4-7,18-19H,1-3,8-17,20-21,28-31H2;2*1H4. The van der Waals surface area contributed by atoms with E-state index < -0.39 is 0 Å². The lowest BCUT2D eigenvalue weighted by atomic mass is 10.2. The van der Waals surface area contributed by atoms with Crippen molar-refractivity contribution in [1.29, 1.82) is 0 Å². The van der Waals surface area contributed by atoms with Gasteiger partial charge in [-0.3, -0.25) is 19.6 Å². The lowest BCUT2D eigenvalue weighted by molar-refractivity contribution is 0.202. The third-order valence-corrected chi connectivity index (χ3v) is 7.04. The zero-order valence-corrected chi connectivity index (χ0v) is 22.0. The molecular weight excluding hydrogens is 492 g/mol. The molecule has 0 atom stereocenters. The highest BCUT2D eigenvalue weighted by molar-refractivity contribution is 5.60. The molecule has 0 bridgehead atoms. The first-order valence-electron chi connectivity index (χ1n) is 13.4. The summed E-state index contributed by atoms with van der Waals surface area (Å²) in [6.07, 6.45) is 3.16. The molecule has 39 heavy (non-hydrogen) atoms. The molecule has 2 aromatic rings. The molecule has 8 N–H and O–H groups in total. The lowest BCUT2D eigenvalue weighted by Gasteiger charge is -2.21. The third kappa shape index (κ3) is 10.3. The second kappa shape index (κ2) is 16.2. The van der Waals surface area contributed by atoms with E-state index in [0.29, 0.717) is 47.5 Å². The van der Waals surface area contributed by atoms with E-state index in [1.807, 2.05) is 0 Å². The first-order valence-corrected chi connectivity index (χ1v) is 13.4. The van der Waals surface area contributed by atoms with Crippen molar-refractivity contribution in [3.63, 3.8) is 0 Å². The van der Waals surface area contributed by atoms with Crippen LogP contribution in [0.1, 0.15) is 34.1 Å². The zero-order valence-electron chi connectivity index (χ0n) is 22.0. The quantitative estimate of drug-likeness (QED) is 0.207. The second-order valence-corrected chi connectivity index (χ2v) is 10.1. The highest BCUT2D eigenvalue weighted by Crippen LogP contribution is 2.25. The largest absolute Gasteiger partial charge is 0.491 e. The smallest absolute Gasteiger partial charge is 0.144 e. The van der Waals surface area contributed by atoms with Gasteiger partial charge in [-0.15, -0.1) is 0 Å².